The van der Waals surface area contributed by atoms with E-state index in [1.54, 1.807) is 0 Å². The highest BCUT2D eigenvalue weighted by atomic mass is 19.1. The molecule has 0 aliphatic carbocycles. The summed E-state index contributed by atoms with van der Waals surface area (Å²) in [5, 5.41) is 2.36. The first-order valence-electron chi connectivity index (χ1n) is 9.53. The number of likely N-dealkylation sites (tertiary alicyclic amines) is 1. The highest BCUT2D eigenvalue weighted by molar-refractivity contribution is 5.92. The lowest BCUT2D eigenvalue weighted by Gasteiger charge is -2.31. The fraction of sp³-hybridized carbons (Fsp3) is 0.409. The second-order valence-corrected chi connectivity index (χ2v) is 7.39. The lowest BCUT2D eigenvalue weighted by atomic mass is 9.90. The molecule has 1 heterocycles. The number of carbonyl (C=O) groups excluding carboxylic acids is 1. The quantitative estimate of drug-likeness (QED) is 0.806. The van der Waals surface area contributed by atoms with Crippen molar-refractivity contribution in [3.63, 3.8) is 0 Å². The van der Waals surface area contributed by atoms with Gasteiger partial charge in [-0.3, -0.25) is 9.69 Å². The van der Waals surface area contributed by atoms with Gasteiger partial charge in [0.15, 0.2) is 0 Å². The summed E-state index contributed by atoms with van der Waals surface area (Å²) >= 11 is 0. The Labute approximate surface area is 159 Å². The van der Waals surface area contributed by atoms with Crippen molar-refractivity contribution in [2.24, 2.45) is 5.92 Å². The molecule has 0 aromatic heterocycles. The van der Waals surface area contributed by atoms with E-state index in [0.717, 1.165) is 50.9 Å². The first-order chi connectivity index (χ1) is 13.0. The molecule has 144 valence electrons. The number of para-hydroxylation sites is 1. The van der Waals surface area contributed by atoms with Gasteiger partial charge in [-0.15, -0.1) is 0 Å². The van der Waals surface area contributed by atoms with Gasteiger partial charge in [0.1, 0.15) is 17.3 Å². The van der Waals surface area contributed by atoms with Crippen LogP contribution in [0.25, 0.3) is 0 Å². The van der Waals surface area contributed by atoms with Gasteiger partial charge < -0.3 is 5.32 Å². The molecular formula is C22H26F2N2O. The van der Waals surface area contributed by atoms with Crippen molar-refractivity contribution >= 4 is 11.6 Å². The second kappa shape index (κ2) is 9.09. The smallest absolute Gasteiger partial charge is 0.238 e. The first-order valence-corrected chi connectivity index (χ1v) is 9.53. The third kappa shape index (κ3) is 5.60. The van der Waals surface area contributed by atoms with Crippen LogP contribution in [0.3, 0.4) is 0 Å². The Morgan fingerprint density at radius 1 is 1.07 bits per heavy atom. The molecule has 1 saturated heterocycles. The van der Waals surface area contributed by atoms with Crippen LogP contribution in [-0.4, -0.2) is 30.4 Å². The molecule has 2 aromatic carbocycles. The highest BCUT2D eigenvalue weighted by Crippen LogP contribution is 2.23. The minimum Gasteiger partial charge on any atom is -0.320 e. The van der Waals surface area contributed by atoms with Gasteiger partial charge in [0.05, 0.1) is 6.54 Å². The Balaban J connectivity index is 1.41. The van der Waals surface area contributed by atoms with Gasteiger partial charge in [0, 0.05) is 0 Å². The van der Waals surface area contributed by atoms with Gasteiger partial charge in [0.25, 0.3) is 0 Å². The third-order valence-corrected chi connectivity index (χ3v) is 5.26. The zero-order valence-corrected chi connectivity index (χ0v) is 15.7. The summed E-state index contributed by atoms with van der Waals surface area (Å²) in [6, 6.07) is 12.2. The number of benzene rings is 2. The molecule has 27 heavy (non-hydrogen) atoms. The van der Waals surface area contributed by atoms with Crippen LogP contribution in [0.2, 0.25) is 0 Å². The number of hydrogen-bond donors (Lipinski definition) is 1. The summed E-state index contributed by atoms with van der Waals surface area (Å²) in [7, 11) is 0. The van der Waals surface area contributed by atoms with Crippen molar-refractivity contribution in [1.29, 1.82) is 0 Å². The van der Waals surface area contributed by atoms with E-state index < -0.39 is 11.6 Å². The molecule has 1 N–H and O–H groups in total. The molecule has 0 saturated carbocycles. The van der Waals surface area contributed by atoms with Crippen molar-refractivity contribution in [1.82, 2.24) is 4.90 Å². The molecule has 3 rings (SSSR count). The van der Waals surface area contributed by atoms with E-state index in [9.17, 15) is 13.6 Å². The number of nitrogens with zero attached hydrogens (tertiary/aromatic N) is 1. The van der Waals surface area contributed by atoms with Crippen LogP contribution in [0.15, 0.2) is 42.5 Å². The van der Waals surface area contributed by atoms with Crippen LogP contribution in [-0.2, 0) is 11.2 Å². The van der Waals surface area contributed by atoms with E-state index in [2.05, 4.69) is 41.4 Å². The minimum atomic E-state index is -0.752. The van der Waals surface area contributed by atoms with E-state index in [-0.39, 0.29) is 18.1 Å². The maximum Gasteiger partial charge on any atom is 0.238 e. The number of carbonyl (C=O) groups is 1. The molecule has 0 atom stereocenters. The monoisotopic (exact) mass is 372 g/mol. The maximum atomic E-state index is 13.6. The summed E-state index contributed by atoms with van der Waals surface area (Å²) < 4.78 is 27.2. The summed E-state index contributed by atoms with van der Waals surface area (Å²) in [5.41, 5.74) is 2.28. The molecule has 3 nitrogen and oxygen atoms in total. The Morgan fingerprint density at radius 2 is 1.70 bits per heavy atom. The Morgan fingerprint density at radius 3 is 2.33 bits per heavy atom. The lowest BCUT2D eigenvalue weighted by Crippen LogP contribution is -2.39. The molecule has 1 amide bonds. The highest BCUT2D eigenvalue weighted by Gasteiger charge is 2.21. The van der Waals surface area contributed by atoms with Gasteiger partial charge in [-0.25, -0.2) is 8.78 Å². The van der Waals surface area contributed by atoms with Gasteiger partial charge in [-0.1, -0.05) is 35.9 Å². The number of nitrogens with one attached hydrogen (secondary N) is 1. The van der Waals surface area contributed by atoms with Crippen LogP contribution in [0.1, 0.15) is 30.4 Å². The summed E-state index contributed by atoms with van der Waals surface area (Å²) in [6.45, 7) is 3.94. The molecule has 1 aliphatic heterocycles. The number of piperidine rings is 1. The van der Waals surface area contributed by atoms with Gasteiger partial charge in [-0.05, 0) is 69.3 Å². The predicted molar refractivity (Wildman–Crippen MR) is 104 cm³/mol. The summed E-state index contributed by atoms with van der Waals surface area (Å²) in [5.74, 6) is -1.22. The van der Waals surface area contributed by atoms with Crippen molar-refractivity contribution in [3.05, 3.63) is 65.2 Å². The van der Waals surface area contributed by atoms with Crippen LogP contribution in [0.5, 0.6) is 0 Å². The molecule has 0 bridgehead atoms. The molecule has 0 spiro atoms. The number of rotatable bonds is 6. The molecule has 1 aliphatic rings. The van der Waals surface area contributed by atoms with Gasteiger partial charge in [-0.2, -0.15) is 0 Å². The van der Waals surface area contributed by atoms with Crippen LogP contribution in [0.4, 0.5) is 14.5 Å². The fourth-order valence-corrected chi connectivity index (χ4v) is 3.56. The third-order valence-electron chi connectivity index (χ3n) is 5.26. The lowest BCUT2D eigenvalue weighted by molar-refractivity contribution is -0.117. The van der Waals surface area contributed by atoms with Crippen molar-refractivity contribution in [3.8, 4) is 0 Å². The van der Waals surface area contributed by atoms with E-state index in [0.29, 0.717) is 5.92 Å². The Bertz CT molecular complexity index is 748. The van der Waals surface area contributed by atoms with E-state index in [1.807, 2.05) is 0 Å². The zero-order chi connectivity index (χ0) is 19.2. The molecule has 0 unspecified atom stereocenters. The van der Waals surface area contributed by atoms with Crippen molar-refractivity contribution in [2.45, 2.75) is 32.6 Å². The van der Waals surface area contributed by atoms with Crippen LogP contribution in [0, 0.1) is 24.5 Å². The topological polar surface area (TPSA) is 32.3 Å². The Hall–Kier alpha value is -2.27. The van der Waals surface area contributed by atoms with Gasteiger partial charge >= 0.3 is 0 Å². The normalized spacial score (nSPS) is 15.7. The van der Waals surface area contributed by atoms with Crippen molar-refractivity contribution < 1.29 is 13.6 Å². The number of aryl methyl sites for hydroxylation is 2. The second-order valence-electron chi connectivity index (χ2n) is 7.39. The SMILES string of the molecule is Cc1ccc(CCC2CCN(CC(=O)Nc3c(F)cccc3F)CC2)cc1. The average Bonchev–Trinajstić information content (AvgIpc) is 2.66. The largest absolute Gasteiger partial charge is 0.320 e. The summed E-state index contributed by atoms with van der Waals surface area (Å²) in [6.07, 6.45) is 4.34. The minimum absolute atomic E-state index is 0.165. The molecular weight excluding hydrogens is 346 g/mol. The van der Waals surface area contributed by atoms with E-state index in [1.165, 1.54) is 17.2 Å². The molecule has 5 heteroatoms. The summed E-state index contributed by atoms with van der Waals surface area (Å²) in [4.78, 5) is 14.2. The number of amides is 1. The van der Waals surface area contributed by atoms with Crippen molar-refractivity contribution in [2.75, 3.05) is 25.0 Å². The first kappa shape index (κ1) is 19.5. The van der Waals surface area contributed by atoms with Crippen LogP contribution >= 0.6 is 0 Å². The molecule has 0 radical (unpaired) electrons. The van der Waals surface area contributed by atoms with Gasteiger partial charge in [0.2, 0.25) is 5.91 Å². The fourth-order valence-electron chi connectivity index (χ4n) is 3.56. The zero-order valence-electron chi connectivity index (χ0n) is 15.7. The Kier molecular flexibility index (Phi) is 6.56. The van der Waals surface area contributed by atoms with E-state index in [4.69, 9.17) is 0 Å². The molecule has 1 fully saturated rings. The molecule has 2 aromatic rings. The average molecular weight is 372 g/mol. The standard InChI is InChI=1S/C22H26F2N2O/c1-16-5-7-17(8-6-16)9-10-18-11-13-26(14-12-18)15-21(27)25-22-19(23)3-2-4-20(22)24/h2-8,18H,9-15H2,1H3,(H,25,27). The number of halogens is 2. The number of anilines is 1. The van der Waals surface area contributed by atoms with Crippen LogP contribution < -0.4 is 5.32 Å². The van der Waals surface area contributed by atoms with E-state index >= 15 is 0 Å². The maximum absolute atomic E-state index is 13.6. The predicted octanol–water partition coefficient (Wildman–Crippen LogP) is 4.56. The number of hydrogen-bond acceptors (Lipinski definition) is 2.